The maximum Gasteiger partial charge on any atom is 0.126 e. The largest absolute Gasteiger partial charge is 0.496 e. The molecule has 1 aromatic rings. The minimum Gasteiger partial charge on any atom is -0.496 e. The summed E-state index contributed by atoms with van der Waals surface area (Å²) in [6.07, 6.45) is 4.41. The number of nitrogens with zero attached hydrogens (tertiary/aromatic N) is 2. The van der Waals surface area contributed by atoms with E-state index in [1.807, 2.05) is 18.2 Å². The molecule has 0 amide bonds. The van der Waals surface area contributed by atoms with E-state index in [9.17, 15) is 0 Å². The Bertz CT molecular complexity index is 448. The van der Waals surface area contributed by atoms with Crippen LogP contribution in [0.15, 0.2) is 30.3 Å². The van der Waals surface area contributed by atoms with Gasteiger partial charge in [-0.2, -0.15) is 0 Å². The Labute approximate surface area is 129 Å². The second kappa shape index (κ2) is 8.20. The van der Waals surface area contributed by atoms with Crippen LogP contribution in [0.5, 0.6) is 5.75 Å². The highest BCUT2D eigenvalue weighted by molar-refractivity contribution is 5.57. The Kier molecular flexibility index (Phi) is 6.27. The number of para-hydroxylation sites is 1. The Hall–Kier alpha value is -1.32. The number of rotatable bonds is 6. The van der Waals surface area contributed by atoms with Gasteiger partial charge in [0.25, 0.3) is 0 Å². The highest BCUT2D eigenvalue weighted by Crippen LogP contribution is 2.18. The van der Waals surface area contributed by atoms with E-state index in [2.05, 4.69) is 41.9 Å². The lowest BCUT2D eigenvalue weighted by molar-refractivity contribution is 0.131. The van der Waals surface area contributed by atoms with Crippen LogP contribution in [0, 0.1) is 5.92 Å². The van der Waals surface area contributed by atoms with Gasteiger partial charge in [-0.25, -0.2) is 0 Å². The third-order valence-electron chi connectivity index (χ3n) is 3.89. The SMILES string of the molecule is COc1ccccc1/C=C/CN1CCN(CC(C)C)CC1. The maximum atomic E-state index is 5.37. The molecule has 3 heteroatoms. The molecule has 0 aromatic heterocycles. The molecule has 0 saturated carbocycles. The van der Waals surface area contributed by atoms with Gasteiger partial charge in [0, 0.05) is 44.8 Å². The topological polar surface area (TPSA) is 15.7 Å². The smallest absolute Gasteiger partial charge is 0.126 e. The number of piperazine rings is 1. The monoisotopic (exact) mass is 288 g/mol. The first-order chi connectivity index (χ1) is 10.2. The molecule has 2 rings (SSSR count). The fourth-order valence-electron chi connectivity index (χ4n) is 2.80. The molecule has 1 heterocycles. The molecule has 116 valence electrons. The van der Waals surface area contributed by atoms with Gasteiger partial charge >= 0.3 is 0 Å². The van der Waals surface area contributed by atoms with E-state index in [0.717, 1.165) is 23.8 Å². The van der Waals surface area contributed by atoms with Crippen LogP contribution in [0.25, 0.3) is 6.08 Å². The van der Waals surface area contributed by atoms with Crippen molar-refractivity contribution in [1.82, 2.24) is 9.80 Å². The van der Waals surface area contributed by atoms with Gasteiger partial charge in [0.05, 0.1) is 7.11 Å². The number of hydrogen-bond donors (Lipinski definition) is 0. The van der Waals surface area contributed by atoms with Gasteiger partial charge in [-0.3, -0.25) is 4.90 Å². The molecule has 0 unspecified atom stereocenters. The van der Waals surface area contributed by atoms with Gasteiger partial charge in [-0.05, 0) is 12.0 Å². The Balaban J connectivity index is 1.78. The van der Waals surface area contributed by atoms with Crippen LogP contribution in [0.4, 0.5) is 0 Å². The van der Waals surface area contributed by atoms with Gasteiger partial charge in [-0.15, -0.1) is 0 Å². The van der Waals surface area contributed by atoms with Crippen molar-refractivity contribution in [3.05, 3.63) is 35.9 Å². The fraction of sp³-hybridized carbons (Fsp3) is 0.556. The summed E-state index contributed by atoms with van der Waals surface area (Å²) in [6.45, 7) is 11.6. The van der Waals surface area contributed by atoms with Crippen LogP contribution >= 0.6 is 0 Å². The molecule has 0 spiro atoms. The summed E-state index contributed by atoms with van der Waals surface area (Å²) in [5.41, 5.74) is 1.15. The minimum absolute atomic E-state index is 0.766. The lowest BCUT2D eigenvalue weighted by Crippen LogP contribution is -2.47. The van der Waals surface area contributed by atoms with Crippen molar-refractivity contribution in [1.29, 1.82) is 0 Å². The molecule has 3 nitrogen and oxygen atoms in total. The van der Waals surface area contributed by atoms with Crippen molar-refractivity contribution in [3.8, 4) is 5.75 Å². The Morgan fingerprint density at radius 1 is 1.10 bits per heavy atom. The van der Waals surface area contributed by atoms with Gasteiger partial charge in [0.1, 0.15) is 5.75 Å². The Morgan fingerprint density at radius 2 is 1.76 bits per heavy atom. The summed E-state index contributed by atoms with van der Waals surface area (Å²) < 4.78 is 5.37. The fourth-order valence-corrected chi connectivity index (χ4v) is 2.80. The van der Waals surface area contributed by atoms with Crippen LogP contribution in [-0.2, 0) is 0 Å². The molecule has 21 heavy (non-hydrogen) atoms. The number of hydrogen-bond acceptors (Lipinski definition) is 3. The number of benzene rings is 1. The zero-order valence-corrected chi connectivity index (χ0v) is 13.6. The van der Waals surface area contributed by atoms with Crippen LogP contribution in [0.3, 0.4) is 0 Å². The summed E-state index contributed by atoms with van der Waals surface area (Å²) in [7, 11) is 1.72. The second-order valence-corrected chi connectivity index (χ2v) is 6.14. The van der Waals surface area contributed by atoms with E-state index in [1.54, 1.807) is 7.11 Å². The number of methoxy groups -OCH3 is 1. The zero-order valence-electron chi connectivity index (χ0n) is 13.6. The molecule has 0 atom stereocenters. The maximum absolute atomic E-state index is 5.37. The van der Waals surface area contributed by atoms with Crippen molar-refractivity contribution in [2.75, 3.05) is 46.4 Å². The average Bonchev–Trinajstić information content (AvgIpc) is 2.49. The van der Waals surface area contributed by atoms with E-state index < -0.39 is 0 Å². The molecular weight excluding hydrogens is 260 g/mol. The van der Waals surface area contributed by atoms with Crippen molar-refractivity contribution in [3.63, 3.8) is 0 Å². The van der Waals surface area contributed by atoms with Crippen molar-refractivity contribution in [2.24, 2.45) is 5.92 Å². The van der Waals surface area contributed by atoms with Crippen LogP contribution in [0.2, 0.25) is 0 Å². The predicted molar refractivity (Wildman–Crippen MR) is 89.7 cm³/mol. The highest BCUT2D eigenvalue weighted by atomic mass is 16.5. The zero-order chi connectivity index (χ0) is 15.1. The first-order valence-corrected chi connectivity index (χ1v) is 7.93. The second-order valence-electron chi connectivity index (χ2n) is 6.14. The lowest BCUT2D eigenvalue weighted by atomic mass is 10.1. The summed E-state index contributed by atoms with van der Waals surface area (Å²) in [5.74, 6) is 1.71. The molecule has 1 fully saturated rings. The van der Waals surface area contributed by atoms with Crippen molar-refractivity contribution >= 4 is 6.08 Å². The summed E-state index contributed by atoms with van der Waals surface area (Å²) in [4.78, 5) is 5.09. The van der Waals surface area contributed by atoms with Crippen molar-refractivity contribution < 1.29 is 4.74 Å². The summed E-state index contributed by atoms with van der Waals surface area (Å²) in [5, 5.41) is 0. The van der Waals surface area contributed by atoms with Crippen LogP contribution in [-0.4, -0.2) is 56.2 Å². The van der Waals surface area contributed by atoms with Gasteiger partial charge in [0.2, 0.25) is 0 Å². The average molecular weight is 288 g/mol. The summed E-state index contributed by atoms with van der Waals surface area (Å²) >= 11 is 0. The molecule has 1 aromatic carbocycles. The number of ether oxygens (including phenoxy) is 1. The van der Waals surface area contributed by atoms with Gasteiger partial charge < -0.3 is 9.64 Å². The molecule has 0 radical (unpaired) electrons. The van der Waals surface area contributed by atoms with Gasteiger partial charge in [-0.1, -0.05) is 44.2 Å². The van der Waals surface area contributed by atoms with E-state index >= 15 is 0 Å². The standard InChI is InChI=1S/C18H28N2O/c1-16(2)15-20-13-11-19(12-14-20)10-6-8-17-7-4-5-9-18(17)21-3/h4-9,16H,10-15H2,1-3H3/b8-6+. The van der Waals surface area contributed by atoms with Gasteiger partial charge in [0.15, 0.2) is 0 Å². The molecule has 1 aliphatic rings. The van der Waals surface area contributed by atoms with E-state index in [4.69, 9.17) is 4.74 Å². The van der Waals surface area contributed by atoms with Crippen molar-refractivity contribution in [2.45, 2.75) is 13.8 Å². The normalized spacial score (nSPS) is 17.7. The van der Waals surface area contributed by atoms with Crippen LogP contribution < -0.4 is 4.74 Å². The first kappa shape index (κ1) is 16.1. The quantitative estimate of drug-likeness (QED) is 0.800. The minimum atomic E-state index is 0.766. The van der Waals surface area contributed by atoms with Crippen LogP contribution in [0.1, 0.15) is 19.4 Å². The molecule has 0 bridgehead atoms. The lowest BCUT2D eigenvalue weighted by Gasteiger charge is -2.34. The first-order valence-electron chi connectivity index (χ1n) is 7.93. The third-order valence-corrected chi connectivity index (χ3v) is 3.89. The summed E-state index contributed by atoms with van der Waals surface area (Å²) in [6, 6.07) is 8.15. The van der Waals surface area contributed by atoms with E-state index in [0.29, 0.717) is 0 Å². The Morgan fingerprint density at radius 3 is 2.43 bits per heavy atom. The molecule has 0 aliphatic carbocycles. The third kappa shape index (κ3) is 5.18. The highest BCUT2D eigenvalue weighted by Gasteiger charge is 2.16. The molecule has 1 aliphatic heterocycles. The molecule has 1 saturated heterocycles. The van der Waals surface area contributed by atoms with E-state index in [1.165, 1.54) is 32.7 Å². The molecule has 0 N–H and O–H groups in total. The molecular formula is C18H28N2O. The predicted octanol–water partition coefficient (Wildman–Crippen LogP) is 2.98. The van der Waals surface area contributed by atoms with E-state index in [-0.39, 0.29) is 0 Å².